The summed E-state index contributed by atoms with van der Waals surface area (Å²) in [5.74, 6) is -0.253. The van der Waals surface area contributed by atoms with Gasteiger partial charge in [-0.15, -0.1) is 0 Å². The summed E-state index contributed by atoms with van der Waals surface area (Å²) in [4.78, 5) is 29.7. The largest absolute Gasteiger partial charge is 0.344 e. The highest BCUT2D eigenvalue weighted by molar-refractivity contribution is 5.79. The molecule has 1 amide bonds. The van der Waals surface area contributed by atoms with Crippen LogP contribution in [0.1, 0.15) is 17.2 Å². The van der Waals surface area contributed by atoms with Gasteiger partial charge in [0.15, 0.2) is 0 Å². The van der Waals surface area contributed by atoms with E-state index in [-0.39, 0.29) is 24.1 Å². The highest BCUT2D eigenvalue weighted by atomic mass is 16.2. The number of nitrogens with one attached hydrogen (secondary N) is 1. The second kappa shape index (κ2) is 7.88. The Hall–Kier alpha value is -3.73. The van der Waals surface area contributed by atoms with Crippen LogP contribution in [0.2, 0.25) is 0 Å². The first kappa shape index (κ1) is 17.7. The van der Waals surface area contributed by atoms with Gasteiger partial charge in [0.1, 0.15) is 6.54 Å². The van der Waals surface area contributed by atoms with Crippen molar-refractivity contribution in [3.63, 3.8) is 0 Å². The predicted octanol–water partition coefficient (Wildman–Crippen LogP) is 3.30. The van der Waals surface area contributed by atoms with E-state index in [2.05, 4.69) is 10.3 Å². The Kier molecular flexibility index (Phi) is 4.97. The lowest BCUT2D eigenvalue weighted by Gasteiger charge is -2.20. The van der Waals surface area contributed by atoms with Crippen LogP contribution >= 0.6 is 0 Å². The van der Waals surface area contributed by atoms with Gasteiger partial charge in [0.2, 0.25) is 5.91 Å². The van der Waals surface area contributed by atoms with Crippen LogP contribution in [0.5, 0.6) is 0 Å². The number of rotatable bonds is 5. The summed E-state index contributed by atoms with van der Waals surface area (Å²) < 4.78 is 1.34. The molecule has 0 aliphatic heterocycles. The Morgan fingerprint density at radius 2 is 1.43 bits per heavy atom. The van der Waals surface area contributed by atoms with E-state index in [0.717, 1.165) is 11.1 Å². The summed E-state index contributed by atoms with van der Waals surface area (Å²) in [7, 11) is 0. The van der Waals surface area contributed by atoms with E-state index in [1.54, 1.807) is 18.2 Å². The first-order valence-electron chi connectivity index (χ1n) is 9.06. The molecular weight excluding hydrogens is 350 g/mol. The third kappa shape index (κ3) is 3.69. The summed E-state index contributed by atoms with van der Waals surface area (Å²) in [6.45, 7) is -0.0904. The molecule has 0 unspecified atom stereocenters. The fourth-order valence-corrected chi connectivity index (χ4v) is 3.23. The minimum absolute atomic E-state index is 0.0904. The summed E-state index contributed by atoms with van der Waals surface area (Å²) >= 11 is 0. The van der Waals surface area contributed by atoms with E-state index in [0.29, 0.717) is 10.9 Å². The number of nitrogens with zero attached hydrogens (tertiary/aromatic N) is 2. The normalized spacial score (nSPS) is 10.9. The summed E-state index contributed by atoms with van der Waals surface area (Å²) in [5, 5.41) is 3.55. The van der Waals surface area contributed by atoms with Gasteiger partial charge >= 0.3 is 0 Å². The van der Waals surface area contributed by atoms with E-state index >= 15 is 0 Å². The number of carbonyl (C=O) groups excluding carboxylic acids is 1. The van der Waals surface area contributed by atoms with Gasteiger partial charge in [-0.2, -0.15) is 0 Å². The molecule has 28 heavy (non-hydrogen) atoms. The fraction of sp³-hybridized carbons (Fsp3) is 0.0870. The Labute approximate surface area is 162 Å². The standard InChI is InChI=1S/C23H19N3O2/c27-21(15-26-16-24-20-14-8-7-13-19(20)23(26)28)25-22(17-9-3-1-4-10-17)18-11-5-2-6-12-18/h1-14,16,22H,15H2,(H,25,27). The van der Waals surface area contributed by atoms with E-state index in [1.165, 1.54) is 10.9 Å². The van der Waals surface area contributed by atoms with Crippen molar-refractivity contribution >= 4 is 16.8 Å². The van der Waals surface area contributed by atoms with Crippen LogP contribution in [0.4, 0.5) is 0 Å². The number of aromatic nitrogens is 2. The average Bonchev–Trinajstić information content (AvgIpc) is 2.75. The lowest BCUT2D eigenvalue weighted by atomic mass is 9.99. The maximum Gasteiger partial charge on any atom is 0.261 e. The van der Waals surface area contributed by atoms with Crippen molar-refractivity contribution in [3.05, 3.63) is 113 Å². The Morgan fingerprint density at radius 3 is 2.07 bits per heavy atom. The molecule has 4 aromatic rings. The smallest absolute Gasteiger partial charge is 0.261 e. The van der Waals surface area contributed by atoms with Gasteiger partial charge < -0.3 is 5.32 Å². The van der Waals surface area contributed by atoms with Crippen molar-refractivity contribution in [1.29, 1.82) is 0 Å². The molecule has 1 aromatic heterocycles. The molecule has 5 nitrogen and oxygen atoms in total. The molecule has 0 aliphatic rings. The van der Waals surface area contributed by atoms with Crippen molar-refractivity contribution in [2.45, 2.75) is 12.6 Å². The predicted molar refractivity (Wildman–Crippen MR) is 109 cm³/mol. The molecule has 0 saturated carbocycles. The third-order valence-electron chi connectivity index (χ3n) is 4.62. The first-order chi connectivity index (χ1) is 13.7. The quantitative estimate of drug-likeness (QED) is 0.587. The number of amides is 1. The molecule has 5 heteroatoms. The highest BCUT2D eigenvalue weighted by Crippen LogP contribution is 2.21. The minimum Gasteiger partial charge on any atom is -0.344 e. The second-order valence-corrected chi connectivity index (χ2v) is 6.52. The van der Waals surface area contributed by atoms with Gasteiger partial charge in [0.05, 0.1) is 23.3 Å². The number of hydrogen-bond donors (Lipinski definition) is 1. The fourth-order valence-electron chi connectivity index (χ4n) is 3.23. The molecule has 0 aliphatic carbocycles. The minimum atomic E-state index is -0.293. The van der Waals surface area contributed by atoms with Crippen LogP contribution in [-0.4, -0.2) is 15.5 Å². The first-order valence-corrected chi connectivity index (χ1v) is 9.06. The molecule has 0 radical (unpaired) electrons. The molecule has 1 N–H and O–H groups in total. The average molecular weight is 369 g/mol. The Balaban J connectivity index is 1.60. The van der Waals surface area contributed by atoms with Crippen LogP contribution in [0.15, 0.2) is 96.1 Å². The van der Waals surface area contributed by atoms with Crippen molar-refractivity contribution in [1.82, 2.24) is 14.9 Å². The van der Waals surface area contributed by atoms with Crippen molar-refractivity contribution in [3.8, 4) is 0 Å². The zero-order chi connectivity index (χ0) is 19.3. The zero-order valence-electron chi connectivity index (χ0n) is 15.2. The van der Waals surface area contributed by atoms with Crippen LogP contribution in [0.25, 0.3) is 10.9 Å². The topological polar surface area (TPSA) is 64.0 Å². The Bertz CT molecular complexity index is 1120. The van der Waals surface area contributed by atoms with Crippen LogP contribution in [-0.2, 0) is 11.3 Å². The van der Waals surface area contributed by atoms with Crippen molar-refractivity contribution in [2.24, 2.45) is 0 Å². The number of benzene rings is 3. The van der Waals surface area contributed by atoms with Crippen LogP contribution in [0, 0.1) is 0 Å². The van der Waals surface area contributed by atoms with Gasteiger partial charge in [-0.05, 0) is 23.3 Å². The monoisotopic (exact) mass is 369 g/mol. The molecule has 0 saturated heterocycles. The molecule has 3 aromatic carbocycles. The molecule has 0 atom stereocenters. The maximum atomic E-state index is 12.8. The lowest BCUT2D eigenvalue weighted by molar-refractivity contribution is -0.122. The van der Waals surface area contributed by atoms with Gasteiger partial charge in [-0.25, -0.2) is 4.98 Å². The van der Waals surface area contributed by atoms with Gasteiger partial charge in [0, 0.05) is 0 Å². The lowest BCUT2D eigenvalue weighted by Crippen LogP contribution is -2.35. The number of para-hydroxylation sites is 1. The van der Waals surface area contributed by atoms with E-state index in [9.17, 15) is 9.59 Å². The molecule has 0 fully saturated rings. The Morgan fingerprint density at radius 1 is 0.857 bits per heavy atom. The van der Waals surface area contributed by atoms with Crippen LogP contribution < -0.4 is 10.9 Å². The van der Waals surface area contributed by atoms with Gasteiger partial charge in [-0.1, -0.05) is 72.8 Å². The van der Waals surface area contributed by atoms with Gasteiger partial charge in [-0.3, -0.25) is 14.2 Å². The van der Waals surface area contributed by atoms with E-state index in [4.69, 9.17) is 0 Å². The van der Waals surface area contributed by atoms with Crippen molar-refractivity contribution < 1.29 is 4.79 Å². The number of fused-ring (bicyclic) bond motifs is 1. The SMILES string of the molecule is O=C(Cn1cnc2ccccc2c1=O)NC(c1ccccc1)c1ccccc1. The van der Waals surface area contributed by atoms with Crippen LogP contribution in [0.3, 0.4) is 0 Å². The second-order valence-electron chi connectivity index (χ2n) is 6.52. The van der Waals surface area contributed by atoms with E-state index < -0.39 is 0 Å². The molecule has 138 valence electrons. The molecular formula is C23H19N3O2. The van der Waals surface area contributed by atoms with E-state index in [1.807, 2.05) is 66.7 Å². The van der Waals surface area contributed by atoms with Gasteiger partial charge in [0.25, 0.3) is 5.56 Å². The molecule has 0 bridgehead atoms. The third-order valence-corrected chi connectivity index (χ3v) is 4.62. The number of hydrogen-bond acceptors (Lipinski definition) is 3. The summed E-state index contributed by atoms with van der Waals surface area (Å²) in [5.41, 5.74) is 2.35. The number of carbonyl (C=O) groups is 1. The zero-order valence-corrected chi connectivity index (χ0v) is 15.2. The molecule has 1 heterocycles. The molecule has 4 rings (SSSR count). The summed E-state index contributed by atoms with van der Waals surface area (Å²) in [6, 6.07) is 26.4. The molecule has 0 spiro atoms. The summed E-state index contributed by atoms with van der Waals surface area (Å²) in [6.07, 6.45) is 1.42. The van der Waals surface area contributed by atoms with Crippen molar-refractivity contribution in [2.75, 3.05) is 0 Å². The maximum absolute atomic E-state index is 12.8. The highest BCUT2D eigenvalue weighted by Gasteiger charge is 2.17.